The average molecular weight is 405 g/mol. The summed E-state index contributed by atoms with van der Waals surface area (Å²) < 4.78 is 32.5. The molecule has 2 aromatic rings. The minimum Gasteiger partial charge on any atom is -0.496 e. The Hall–Kier alpha value is -2.38. The maximum atomic E-state index is 12.3. The van der Waals surface area contributed by atoms with Crippen molar-refractivity contribution in [3.05, 3.63) is 59.7 Å². The summed E-state index contributed by atoms with van der Waals surface area (Å²) in [7, 11) is -1.95. The van der Waals surface area contributed by atoms with Crippen LogP contribution in [0.5, 0.6) is 5.75 Å². The van der Waals surface area contributed by atoms with Gasteiger partial charge in [0.1, 0.15) is 5.75 Å². The van der Waals surface area contributed by atoms with Crippen LogP contribution < -0.4 is 14.8 Å². The quantitative estimate of drug-likeness (QED) is 0.708. The number of carbonyl (C=O) groups excluding carboxylic acids is 1. The molecule has 0 radical (unpaired) electrons. The number of amides is 1. The molecule has 1 amide bonds. The lowest BCUT2D eigenvalue weighted by atomic mass is 10.1. The number of methoxy groups -OCH3 is 1. The number of benzene rings is 2. The van der Waals surface area contributed by atoms with Crippen molar-refractivity contribution in [3.8, 4) is 5.75 Å². The van der Waals surface area contributed by atoms with Crippen molar-refractivity contribution in [1.82, 2.24) is 10.0 Å². The summed E-state index contributed by atoms with van der Waals surface area (Å²) >= 11 is 0. The highest BCUT2D eigenvalue weighted by atomic mass is 32.2. The van der Waals surface area contributed by atoms with E-state index < -0.39 is 15.6 Å². The Balaban J connectivity index is 1.88. The molecule has 2 N–H and O–H groups in total. The molecule has 0 aromatic heterocycles. The summed E-state index contributed by atoms with van der Waals surface area (Å²) in [6.07, 6.45) is 0.853. The Morgan fingerprint density at radius 2 is 1.68 bits per heavy atom. The third-order valence-corrected chi connectivity index (χ3v) is 5.76. The number of para-hydroxylation sites is 1. The van der Waals surface area contributed by atoms with Gasteiger partial charge in [-0.1, -0.05) is 30.3 Å². The monoisotopic (exact) mass is 404 g/mol. The van der Waals surface area contributed by atoms with Gasteiger partial charge in [0.15, 0.2) is 0 Å². The Kier molecular flexibility index (Phi) is 7.21. The largest absolute Gasteiger partial charge is 0.496 e. The van der Waals surface area contributed by atoms with E-state index in [9.17, 15) is 13.2 Å². The molecule has 2 aromatic carbocycles. The van der Waals surface area contributed by atoms with Crippen molar-refractivity contribution in [2.45, 2.75) is 50.6 Å². The van der Waals surface area contributed by atoms with Gasteiger partial charge in [-0.05, 0) is 51.0 Å². The van der Waals surface area contributed by atoms with Crippen LogP contribution in [0.4, 0.5) is 0 Å². The fraction of sp³-hybridized carbons (Fsp3) is 0.381. The molecule has 0 atom stereocenters. The first-order valence-electron chi connectivity index (χ1n) is 9.12. The summed E-state index contributed by atoms with van der Waals surface area (Å²) in [5.74, 6) is 0.667. The summed E-state index contributed by atoms with van der Waals surface area (Å²) in [6.45, 7) is 5.78. The number of carbonyl (C=O) groups is 1. The molecule has 0 aliphatic rings. The van der Waals surface area contributed by atoms with E-state index in [4.69, 9.17) is 4.74 Å². The predicted octanol–water partition coefficient (Wildman–Crippen LogP) is 3.02. The van der Waals surface area contributed by atoms with E-state index in [0.29, 0.717) is 19.4 Å². The van der Waals surface area contributed by atoms with E-state index in [2.05, 4.69) is 10.0 Å². The third-order valence-electron chi connectivity index (χ3n) is 3.98. The zero-order valence-electron chi connectivity index (χ0n) is 16.8. The number of sulfonamides is 1. The highest BCUT2D eigenvalue weighted by molar-refractivity contribution is 7.89. The molecule has 0 saturated carbocycles. The predicted molar refractivity (Wildman–Crippen MR) is 110 cm³/mol. The van der Waals surface area contributed by atoms with Crippen molar-refractivity contribution in [3.63, 3.8) is 0 Å². The number of hydrogen-bond acceptors (Lipinski definition) is 4. The van der Waals surface area contributed by atoms with Crippen LogP contribution >= 0.6 is 0 Å². The minimum absolute atomic E-state index is 0.0722. The van der Waals surface area contributed by atoms with E-state index in [1.54, 1.807) is 52.1 Å². The highest BCUT2D eigenvalue weighted by Crippen LogP contribution is 2.17. The lowest BCUT2D eigenvalue weighted by Crippen LogP contribution is -2.40. The number of ether oxygens (including phenoxy) is 1. The summed E-state index contributed by atoms with van der Waals surface area (Å²) in [5, 5.41) is 2.88. The van der Waals surface area contributed by atoms with E-state index in [1.165, 1.54) is 0 Å². The molecule has 0 fully saturated rings. The number of rotatable bonds is 8. The van der Waals surface area contributed by atoms with Crippen LogP contribution in [0.3, 0.4) is 0 Å². The van der Waals surface area contributed by atoms with Gasteiger partial charge in [-0.15, -0.1) is 0 Å². The first-order valence-corrected chi connectivity index (χ1v) is 10.6. The molecule has 0 unspecified atom stereocenters. The van der Waals surface area contributed by atoms with Gasteiger partial charge in [-0.2, -0.15) is 0 Å². The third kappa shape index (κ3) is 6.65. The van der Waals surface area contributed by atoms with Crippen LogP contribution in [0, 0.1) is 0 Å². The normalized spacial score (nSPS) is 11.9. The van der Waals surface area contributed by atoms with Crippen molar-refractivity contribution < 1.29 is 17.9 Å². The second-order valence-corrected chi connectivity index (χ2v) is 9.27. The highest BCUT2D eigenvalue weighted by Gasteiger charge is 2.21. The number of nitrogens with one attached hydrogen (secondary N) is 2. The molecule has 0 spiro atoms. The Bertz CT molecular complexity index is 901. The van der Waals surface area contributed by atoms with Crippen LogP contribution in [0.25, 0.3) is 0 Å². The van der Waals surface area contributed by atoms with Crippen molar-refractivity contribution in [2.75, 3.05) is 7.11 Å². The van der Waals surface area contributed by atoms with E-state index >= 15 is 0 Å². The van der Waals surface area contributed by atoms with Gasteiger partial charge in [0.2, 0.25) is 15.9 Å². The molecule has 6 nitrogen and oxygen atoms in total. The lowest BCUT2D eigenvalue weighted by molar-refractivity contribution is -0.121. The zero-order valence-corrected chi connectivity index (χ0v) is 17.6. The van der Waals surface area contributed by atoms with Crippen LogP contribution in [-0.4, -0.2) is 27.0 Å². The number of aryl methyl sites for hydroxylation is 1. The fourth-order valence-corrected chi connectivity index (χ4v) is 4.10. The first kappa shape index (κ1) is 21.9. The van der Waals surface area contributed by atoms with Gasteiger partial charge in [0.25, 0.3) is 0 Å². The molecule has 2 rings (SSSR count). The minimum atomic E-state index is -3.55. The molecule has 152 valence electrons. The summed E-state index contributed by atoms with van der Waals surface area (Å²) in [5.41, 5.74) is 1.28. The second-order valence-electron chi connectivity index (χ2n) is 7.59. The standard InChI is InChI=1S/C21H28N2O4S/c1-21(2,3)23-28(25,26)18-12-9-16(10-13-18)11-14-20(24)22-15-17-7-5-6-8-19(17)27-4/h5-10,12-13,23H,11,14-15H2,1-4H3,(H,22,24). The van der Waals surface area contributed by atoms with Crippen molar-refractivity contribution >= 4 is 15.9 Å². The molecule has 0 aliphatic heterocycles. The summed E-state index contributed by atoms with van der Waals surface area (Å²) in [4.78, 5) is 12.3. The van der Waals surface area contributed by atoms with Gasteiger partial charge in [0.05, 0.1) is 12.0 Å². The molecule has 7 heteroatoms. The molecule has 0 aliphatic carbocycles. The van der Waals surface area contributed by atoms with Gasteiger partial charge >= 0.3 is 0 Å². The van der Waals surface area contributed by atoms with Crippen molar-refractivity contribution in [2.24, 2.45) is 0 Å². The smallest absolute Gasteiger partial charge is 0.241 e. The molecule has 0 bridgehead atoms. The Labute approximate surface area is 167 Å². The topological polar surface area (TPSA) is 84.5 Å². The van der Waals surface area contributed by atoms with Crippen LogP contribution in [0.1, 0.15) is 38.3 Å². The number of hydrogen-bond donors (Lipinski definition) is 2. The van der Waals surface area contributed by atoms with Gasteiger partial charge in [-0.25, -0.2) is 13.1 Å². The second kappa shape index (κ2) is 9.21. The fourth-order valence-electron chi connectivity index (χ4n) is 2.69. The van der Waals surface area contributed by atoms with Crippen LogP contribution in [0.15, 0.2) is 53.4 Å². The zero-order chi connectivity index (χ0) is 20.8. The molecule has 0 heterocycles. The SMILES string of the molecule is COc1ccccc1CNC(=O)CCc1ccc(S(=O)(=O)NC(C)(C)C)cc1. The van der Waals surface area contributed by atoms with E-state index in [0.717, 1.165) is 16.9 Å². The lowest BCUT2D eigenvalue weighted by Gasteiger charge is -2.20. The first-order chi connectivity index (χ1) is 13.1. The molecule has 0 saturated heterocycles. The maximum absolute atomic E-state index is 12.3. The van der Waals surface area contributed by atoms with E-state index in [-0.39, 0.29) is 10.8 Å². The maximum Gasteiger partial charge on any atom is 0.241 e. The molecule has 28 heavy (non-hydrogen) atoms. The van der Waals surface area contributed by atoms with Gasteiger partial charge in [-0.3, -0.25) is 4.79 Å². The Morgan fingerprint density at radius 3 is 2.29 bits per heavy atom. The van der Waals surface area contributed by atoms with Gasteiger partial charge < -0.3 is 10.1 Å². The van der Waals surface area contributed by atoms with Gasteiger partial charge in [0, 0.05) is 24.1 Å². The van der Waals surface area contributed by atoms with Crippen LogP contribution in [-0.2, 0) is 27.8 Å². The Morgan fingerprint density at radius 1 is 1.04 bits per heavy atom. The van der Waals surface area contributed by atoms with E-state index in [1.807, 2.05) is 24.3 Å². The molecular weight excluding hydrogens is 376 g/mol. The van der Waals surface area contributed by atoms with Crippen LogP contribution in [0.2, 0.25) is 0 Å². The molecular formula is C21H28N2O4S. The summed E-state index contributed by atoms with van der Waals surface area (Å²) in [6, 6.07) is 14.1. The average Bonchev–Trinajstić information content (AvgIpc) is 2.63. The van der Waals surface area contributed by atoms with Crippen molar-refractivity contribution in [1.29, 1.82) is 0 Å².